The first-order chi connectivity index (χ1) is 14.9. The van der Waals surface area contributed by atoms with Crippen LogP contribution in [0.2, 0.25) is 0 Å². The number of aryl methyl sites for hydroxylation is 2. The van der Waals surface area contributed by atoms with Gasteiger partial charge in [-0.25, -0.2) is 4.79 Å². The molecular weight excluding hydrogens is 398 g/mol. The molecule has 0 fully saturated rings. The quantitative estimate of drug-likeness (QED) is 0.419. The van der Waals surface area contributed by atoms with E-state index in [2.05, 4.69) is 56.5 Å². The van der Waals surface area contributed by atoms with E-state index in [-0.39, 0.29) is 12.1 Å². The molecule has 0 radical (unpaired) electrons. The highest BCUT2D eigenvalue weighted by atomic mass is 16.6. The predicted octanol–water partition coefficient (Wildman–Crippen LogP) is 6.68. The van der Waals surface area contributed by atoms with Crippen molar-refractivity contribution < 1.29 is 9.53 Å². The predicted molar refractivity (Wildman–Crippen MR) is 137 cm³/mol. The van der Waals surface area contributed by atoms with E-state index in [1.807, 2.05) is 45.9 Å². The zero-order chi connectivity index (χ0) is 24.3. The molecule has 0 aromatic heterocycles. The van der Waals surface area contributed by atoms with Crippen LogP contribution >= 0.6 is 0 Å². The van der Waals surface area contributed by atoms with Crippen molar-refractivity contribution in [3.63, 3.8) is 0 Å². The normalized spacial score (nSPS) is 11.8. The summed E-state index contributed by atoms with van der Waals surface area (Å²) in [4.78, 5) is 12.0. The highest BCUT2D eigenvalue weighted by Crippen LogP contribution is 2.18. The van der Waals surface area contributed by atoms with Crippen LogP contribution in [0.25, 0.3) is 0 Å². The minimum absolute atomic E-state index is 0.0599. The maximum atomic E-state index is 12.0. The van der Waals surface area contributed by atoms with Crippen molar-refractivity contribution in [3.05, 3.63) is 58.7 Å². The van der Waals surface area contributed by atoms with Crippen molar-refractivity contribution in [2.24, 2.45) is 0 Å². The van der Waals surface area contributed by atoms with Crippen molar-refractivity contribution in [1.29, 1.82) is 0 Å². The lowest BCUT2D eigenvalue weighted by molar-refractivity contribution is 0.0504. The van der Waals surface area contributed by atoms with Gasteiger partial charge in [0.05, 0.1) is 0 Å². The number of nitrogens with two attached hydrogens (primary N) is 1. The number of carbonyl (C=O) groups is 1. The van der Waals surface area contributed by atoms with E-state index in [4.69, 9.17) is 10.5 Å². The first-order valence-electron chi connectivity index (χ1n) is 11.6. The Morgan fingerprint density at radius 1 is 1.00 bits per heavy atom. The lowest BCUT2D eigenvalue weighted by Crippen LogP contribution is -2.42. The number of ether oxygens (including phenoxy) is 1. The number of alkyl carbamates (subject to hydrolysis) is 1. The van der Waals surface area contributed by atoms with Crippen LogP contribution in [-0.4, -0.2) is 24.3 Å². The molecule has 2 aromatic rings. The van der Waals surface area contributed by atoms with Crippen LogP contribution in [0.5, 0.6) is 0 Å². The second-order valence-corrected chi connectivity index (χ2v) is 9.40. The Kier molecular flexibility index (Phi) is 11.1. The summed E-state index contributed by atoms with van der Waals surface area (Å²) in [5, 5.41) is 6.45. The van der Waals surface area contributed by atoms with Crippen molar-refractivity contribution in [1.82, 2.24) is 5.32 Å². The minimum atomic E-state index is -0.472. The van der Waals surface area contributed by atoms with Gasteiger partial charge >= 0.3 is 6.09 Å². The second-order valence-electron chi connectivity index (χ2n) is 9.40. The number of amides is 1. The summed E-state index contributed by atoms with van der Waals surface area (Å²) < 4.78 is 5.37. The zero-order valence-corrected chi connectivity index (χ0v) is 21.3. The third kappa shape index (κ3) is 10.1. The molecule has 0 aliphatic heterocycles. The fourth-order valence-corrected chi connectivity index (χ4v) is 3.10. The molecule has 2 aromatic carbocycles. The van der Waals surface area contributed by atoms with Crippen LogP contribution in [0.1, 0.15) is 69.2 Å². The molecule has 0 aliphatic carbocycles. The molecule has 0 saturated carbocycles. The molecule has 0 heterocycles. The van der Waals surface area contributed by atoms with Gasteiger partial charge in [0.15, 0.2) is 0 Å². The molecule has 1 atom stereocenters. The van der Waals surface area contributed by atoms with E-state index in [9.17, 15) is 4.79 Å². The summed E-state index contributed by atoms with van der Waals surface area (Å²) in [7, 11) is 0. The van der Waals surface area contributed by atoms with Gasteiger partial charge in [-0.2, -0.15) is 0 Å². The summed E-state index contributed by atoms with van der Waals surface area (Å²) in [6, 6.07) is 12.2. The van der Waals surface area contributed by atoms with Gasteiger partial charge in [0.25, 0.3) is 0 Å². The van der Waals surface area contributed by atoms with E-state index in [1.54, 1.807) is 0 Å². The Hall–Kier alpha value is -2.69. The Labute approximate surface area is 195 Å². The van der Waals surface area contributed by atoms with Gasteiger partial charge in [-0.3, -0.25) is 0 Å². The highest BCUT2D eigenvalue weighted by Gasteiger charge is 2.19. The Bertz CT molecular complexity index is 836. The SMILES string of the molecule is CCCC[C@@H](CNc1cccc(C)c1C)NC(=O)OC(C)(C)C.Cc1cccc(N)c1C. The summed E-state index contributed by atoms with van der Waals surface area (Å²) in [6.45, 7) is 16.8. The third-order valence-electron chi connectivity index (χ3n) is 5.42. The number of nitrogens with one attached hydrogen (secondary N) is 2. The first-order valence-corrected chi connectivity index (χ1v) is 11.6. The third-order valence-corrected chi connectivity index (χ3v) is 5.42. The van der Waals surface area contributed by atoms with E-state index in [0.29, 0.717) is 6.54 Å². The highest BCUT2D eigenvalue weighted by molar-refractivity contribution is 5.68. The fourth-order valence-electron chi connectivity index (χ4n) is 3.10. The maximum Gasteiger partial charge on any atom is 0.407 e. The number of carbonyl (C=O) groups excluding carboxylic acids is 1. The van der Waals surface area contributed by atoms with Crippen molar-refractivity contribution in [2.45, 2.75) is 86.3 Å². The lowest BCUT2D eigenvalue weighted by Gasteiger charge is -2.24. The number of unbranched alkanes of at least 4 members (excludes halogenated alkanes) is 1. The van der Waals surface area contributed by atoms with Gasteiger partial charge in [0, 0.05) is 24.0 Å². The van der Waals surface area contributed by atoms with Gasteiger partial charge in [-0.15, -0.1) is 0 Å². The molecular formula is C27H43N3O2. The zero-order valence-electron chi connectivity index (χ0n) is 21.3. The summed E-state index contributed by atoms with van der Waals surface area (Å²) in [5.41, 5.74) is 12.1. The number of rotatable bonds is 7. The smallest absolute Gasteiger partial charge is 0.407 e. The fraction of sp³-hybridized carbons (Fsp3) is 0.519. The topological polar surface area (TPSA) is 76.4 Å². The molecule has 0 spiro atoms. The van der Waals surface area contributed by atoms with Crippen molar-refractivity contribution in [3.8, 4) is 0 Å². The monoisotopic (exact) mass is 441 g/mol. The van der Waals surface area contributed by atoms with Gasteiger partial charge in [-0.1, -0.05) is 44.0 Å². The van der Waals surface area contributed by atoms with Crippen molar-refractivity contribution >= 4 is 17.5 Å². The number of hydrogen-bond acceptors (Lipinski definition) is 4. The molecule has 5 heteroatoms. The number of hydrogen-bond donors (Lipinski definition) is 3. The molecule has 1 amide bonds. The standard InChI is InChI=1S/C19H32N2O2.C8H11N/c1-7-8-11-16(21-18(22)23-19(4,5)6)13-20-17-12-9-10-14(2)15(17)3;1-6-4-3-5-8(9)7(6)2/h9-10,12,16,20H,7-8,11,13H2,1-6H3,(H,21,22);3-5H,9H2,1-2H3/t16-;/m0./s1. The second kappa shape index (κ2) is 13.0. The van der Waals surface area contributed by atoms with Crippen LogP contribution in [0, 0.1) is 27.7 Å². The van der Waals surface area contributed by atoms with E-state index < -0.39 is 5.60 Å². The molecule has 5 nitrogen and oxygen atoms in total. The summed E-state index contributed by atoms with van der Waals surface area (Å²) >= 11 is 0. The minimum Gasteiger partial charge on any atom is -0.444 e. The lowest BCUT2D eigenvalue weighted by atomic mass is 10.1. The molecule has 0 saturated heterocycles. The van der Waals surface area contributed by atoms with Gasteiger partial charge < -0.3 is 21.1 Å². The van der Waals surface area contributed by atoms with Crippen LogP contribution < -0.4 is 16.4 Å². The van der Waals surface area contributed by atoms with Gasteiger partial charge in [-0.05, 0) is 89.3 Å². The Balaban J connectivity index is 0.000000471. The van der Waals surface area contributed by atoms with Crippen LogP contribution in [0.15, 0.2) is 36.4 Å². The van der Waals surface area contributed by atoms with E-state index >= 15 is 0 Å². The van der Waals surface area contributed by atoms with E-state index in [1.165, 1.54) is 22.3 Å². The average Bonchev–Trinajstić information content (AvgIpc) is 2.70. The van der Waals surface area contributed by atoms with Gasteiger partial charge in [0.1, 0.15) is 5.60 Å². The number of anilines is 2. The van der Waals surface area contributed by atoms with Crippen LogP contribution in [0.4, 0.5) is 16.2 Å². The van der Waals surface area contributed by atoms with Crippen molar-refractivity contribution in [2.75, 3.05) is 17.6 Å². The molecule has 0 unspecified atom stereocenters. The molecule has 2 rings (SSSR count). The number of nitrogen functional groups attached to an aromatic ring is 1. The Morgan fingerprint density at radius 2 is 1.59 bits per heavy atom. The van der Waals surface area contributed by atoms with Gasteiger partial charge in [0.2, 0.25) is 0 Å². The average molecular weight is 442 g/mol. The Morgan fingerprint density at radius 3 is 2.12 bits per heavy atom. The number of benzene rings is 2. The molecule has 178 valence electrons. The summed E-state index contributed by atoms with van der Waals surface area (Å²) in [6.07, 6.45) is 2.78. The summed E-state index contributed by atoms with van der Waals surface area (Å²) in [5.74, 6) is 0. The molecule has 0 aliphatic rings. The van der Waals surface area contributed by atoms with E-state index in [0.717, 1.165) is 30.6 Å². The molecule has 0 bridgehead atoms. The maximum absolute atomic E-state index is 12.0. The molecule has 4 N–H and O–H groups in total. The first kappa shape index (κ1) is 27.3. The van der Waals surface area contributed by atoms with Crippen LogP contribution in [0.3, 0.4) is 0 Å². The molecule has 32 heavy (non-hydrogen) atoms. The largest absolute Gasteiger partial charge is 0.444 e. The van der Waals surface area contributed by atoms with Crippen LogP contribution in [-0.2, 0) is 4.74 Å².